The van der Waals surface area contributed by atoms with Gasteiger partial charge >= 0.3 is 0 Å². The van der Waals surface area contributed by atoms with Crippen LogP contribution in [0.15, 0.2) is 6.33 Å². The van der Waals surface area contributed by atoms with Gasteiger partial charge in [0.05, 0.1) is 12.0 Å². The number of nitrogens with zero attached hydrogens (tertiary/aromatic N) is 2. The highest BCUT2D eigenvalue weighted by atomic mass is 16.2. The Labute approximate surface area is 84.8 Å². The highest BCUT2D eigenvalue weighted by Crippen LogP contribution is 2.19. The predicted molar refractivity (Wildman–Crippen MR) is 55.2 cm³/mol. The van der Waals surface area contributed by atoms with Crippen molar-refractivity contribution in [3.05, 3.63) is 17.7 Å². The molecule has 1 aliphatic carbocycles. The van der Waals surface area contributed by atoms with Crippen LogP contribution in [0.2, 0.25) is 0 Å². The predicted octanol–water partition coefficient (Wildman–Crippen LogP) is 1.53. The molecule has 0 unspecified atom stereocenters. The number of rotatable bonds is 4. The zero-order valence-corrected chi connectivity index (χ0v) is 8.58. The normalized spacial score (nSPS) is 15.5. The Kier molecular flexibility index (Phi) is 3.19. The number of aliphatic hydroxyl groups is 1. The summed E-state index contributed by atoms with van der Waals surface area (Å²) in [6, 6.07) is 0. The van der Waals surface area contributed by atoms with Crippen LogP contribution in [-0.4, -0.2) is 21.3 Å². The molecule has 1 aliphatic rings. The lowest BCUT2D eigenvalue weighted by atomic mass is 10.0. The third kappa shape index (κ3) is 1.98. The van der Waals surface area contributed by atoms with Gasteiger partial charge in [-0.2, -0.15) is 0 Å². The van der Waals surface area contributed by atoms with Crippen LogP contribution in [0.4, 0.5) is 0 Å². The van der Waals surface area contributed by atoms with Gasteiger partial charge in [-0.1, -0.05) is 0 Å². The molecular weight excluding hydrogens is 176 g/mol. The molecule has 78 valence electrons. The molecular formula is C11H18N2O. The van der Waals surface area contributed by atoms with Crippen LogP contribution in [0.1, 0.15) is 37.1 Å². The molecule has 0 radical (unpaired) electrons. The largest absolute Gasteiger partial charge is 0.396 e. The molecule has 0 saturated heterocycles. The second-order valence-corrected chi connectivity index (χ2v) is 3.97. The Hall–Kier alpha value is -0.830. The molecule has 0 aromatic carbocycles. The zero-order valence-electron chi connectivity index (χ0n) is 8.58. The SMILES string of the molecule is OCCCCn1cnc2c1CCCC2. The maximum absolute atomic E-state index is 8.71. The molecule has 0 saturated carbocycles. The van der Waals surface area contributed by atoms with Crippen molar-refractivity contribution in [1.82, 2.24) is 9.55 Å². The summed E-state index contributed by atoms with van der Waals surface area (Å²) in [4.78, 5) is 4.44. The number of aliphatic hydroxyl groups excluding tert-OH is 1. The Morgan fingerprint density at radius 2 is 2.14 bits per heavy atom. The number of aromatic nitrogens is 2. The standard InChI is InChI=1S/C11H18N2O/c14-8-4-3-7-13-9-12-10-5-1-2-6-11(10)13/h9,14H,1-8H2. The van der Waals surface area contributed by atoms with Crippen LogP contribution in [-0.2, 0) is 19.4 Å². The molecule has 2 rings (SSSR count). The minimum Gasteiger partial charge on any atom is -0.396 e. The van der Waals surface area contributed by atoms with Crippen molar-refractivity contribution < 1.29 is 5.11 Å². The molecule has 14 heavy (non-hydrogen) atoms. The number of fused-ring (bicyclic) bond motifs is 1. The summed E-state index contributed by atoms with van der Waals surface area (Å²) < 4.78 is 2.27. The maximum atomic E-state index is 8.71. The first-order valence-electron chi connectivity index (χ1n) is 5.55. The van der Waals surface area contributed by atoms with Gasteiger partial charge in [-0.15, -0.1) is 0 Å². The molecule has 0 fully saturated rings. The topological polar surface area (TPSA) is 38.0 Å². The first kappa shape index (κ1) is 9.71. The molecule has 1 aromatic rings. The van der Waals surface area contributed by atoms with Crippen molar-refractivity contribution in [2.24, 2.45) is 0 Å². The van der Waals surface area contributed by atoms with Crippen molar-refractivity contribution in [2.45, 2.75) is 45.1 Å². The quantitative estimate of drug-likeness (QED) is 0.738. The van der Waals surface area contributed by atoms with Gasteiger partial charge in [-0.05, 0) is 38.5 Å². The van der Waals surface area contributed by atoms with Crippen LogP contribution in [0.3, 0.4) is 0 Å². The van der Waals surface area contributed by atoms with Crippen LogP contribution in [0.5, 0.6) is 0 Å². The minimum atomic E-state index is 0.302. The number of imidazole rings is 1. The van der Waals surface area contributed by atoms with Gasteiger partial charge in [0, 0.05) is 18.8 Å². The van der Waals surface area contributed by atoms with Crippen LogP contribution >= 0.6 is 0 Å². The zero-order chi connectivity index (χ0) is 9.80. The molecule has 0 amide bonds. The highest BCUT2D eigenvalue weighted by Gasteiger charge is 2.14. The summed E-state index contributed by atoms with van der Waals surface area (Å²) >= 11 is 0. The fourth-order valence-corrected chi connectivity index (χ4v) is 2.12. The Bertz CT molecular complexity index is 293. The number of unbranched alkanes of at least 4 members (excludes halogenated alkanes) is 1. The number of hydrogen-bond acceptors (Lipinski definition) is 2. The number of aryl methyl sites for hydroxylation is 2. The second kappa shape index (κ2) is 4.60. The van der Waals surface area contributed by atoms with E-state index in [1.807, 2.05) is 6.33 Å². The van der Waals surface area contributed by atoms with Gasteiger partial charge < -0.3 is 9.67 Å². The lowest BCUT2D eigenvalue weighted by Gasteiger charge is -2.13. The summed E-state index contributed by atoms with van der Waals surface area (Å²) in [5.74, 6) is 0. The van der Waals surface area contributed by atoms with E-state index in [2.05, 4.69) is 9.55 Å². The van der Waals surface area contributed by atoms with Gasteiger partial charge in [-0.3, -0.25) is 0 Å². The third-order valence-electron chi connectivity index (χ3n) is 2.92. The molecule has 1 aromatic heterocycles. The summed E-state index contributed by atoms with van der Waals surface area (Å²) in [7, 11) is 0. The molecule has 0 aliphatic heterocycles. The fourth-order valence-electron chi connectivity index (χ4n) is 2.12. The van der Waals surface area contributed by atoms with Crippen molar-refractivity contribution in [2.75, 3.05) is 6.61 Å². The number of hydrogen-bond donors (Lipinski definition) is 1. The van der Waals surface area contributed by atoms with Crippen molar-refractivity contribution in [1.29, 1.82) is 0 Å². The Morgan fingerprint density at radius 1 is 1.29 bits per heavy atom. The molecule has 1 N–H and O–H groups in total. The van der Waals surface area contributed by atoms with Gasteiger partial charge in [0.15, 0.2) is 0 Å². The lowest BCUT2D eigenvalue weighted by Crippen LogP contribution is -2.08. The van der Waals surface area contributed by atoms with E-state index in [4.69, 9.17) is 5.11 Å². The minimum absolute atomic E-state index is 0.302. The summed E-state index contributed by atoms with van der Waals surface area (Å²) in [5.41, 5.74) is 2.74. The molecule has 0 spiro atoms. The van der Waals surface area contributed by atoms with E-state index in [0.29, 0.717) is 6.61 Å². The smallest absolute Gasteiger partial charge is 0.0951 e. The molecule has 3 nitrogen and oxygen atoms in total. The van der Waals surface area contributed by atoms with E-state index >= 15 is 0 Å². The highest BCUT2D eigenvalue weighted by molar-refractivity contribution is 5.16. The van der Waals surface area contributed by atoms with E-state index in [1.165, 1.54) is 30.7 Å². The van der Waals surface area contributed by atoms with E-state index in [-0.39, 0.29) is 0 Å². The van der Waals surface area contributed by atoms with Crippen molar-refractivity contribution >= 4 is 0 Å². The summed E-state index contributed by atoms with van der Waals surface area (Å²) in [5, 5.41) is 8.71. The summed E-state index contributed by atoms with van der Waals surface area (Å²) in [6.45, 7) is 1.32. The monoisotopic (exact) mass is 194 g/mol. The molecule has 0 atom stereocenters. The molecule has 3 heteroatoms. The van der Waals surface area contributed by atoms with Gasteiger partial charge in [-0.25, -0.2) is 4.98 Å². The van der Waals surface area contributed by atoms with E-state index in [0.717, 1.165) is 25.8 Å². The maximum Gasteiger partial charge on any atom is 0.0951 e. The van der Waals surface area contributed by atoms with E-state index in [9.17, 15) is 0 Å². The van der Waals surface area contributed by atoms with Crippen molar-refractivity contribution in [3.63, 3.8) is 0 Å². The van der Waals surface area contributed by atoms with Crippen LogP contribution in [0, 0.1) is 0 Å². The molecule has 0 bridgehead atoms. The average Bonchev–Trinajstić information content (AvgIpc) is 2.63. The summed E-state index contributed by atoms with van der Waals surface area (Å²) in [6.07, 6.45) is 8.86. The fraction of sp³-hybridized carbons (Fsp3) is 0.727. The van der Waals surface area contributed by atoms with Gasteiger partial charge in [0.2, 0.25) is 0 Å². The van der Waals surface area contributed by atoms with Gasteiger partial charge in [0.25, 0.3) is 0 Å². The van der Waals surface area contributed by atoms with Crippen LogP contribution in [0.25, 0.3) is 0 Å². The Balaban J connectivity index is 1.99. The van der Waals surface area contributed by atoms with Gasteiger partial charge in [0.1, 0.15) is 0 Å². The molecule has 1 heterocycles. The van der Waals surface area contributed by atoms with E-state index < -0.39 is 0 Å². The van der Waals surface area contributed by atoms with Crippen molar-refractivity contribution in [3.8, 4) is 0 Å². The van der Waals surface area contributed by atoms with Crippen LogP contribution < -0.4 is 0 Å². The second-order valence-electron chi connectivity index (χ2n) is 3.97. The third-order valence-corrected chi connectivity index (χ3v) is 2.92. The van der Waals surface area contributed by atoms with E-state index in [1.54, 1.807) is 0 Å². The first-order chi connectivity index (χ1) is 6.92. The lowest BCUT2D eigenvalue weighted by molar-refractivity contribution is 0.281. The Morgan fingerprint density at radius 3 is 3.00 bits per heavy atom. The first-order valence-corrected chi connectivity index (χ1v) is 5.55. The average molecular weight is 194 g/mol.